The number of benzene rings is 2. The first-order valence-electron chi connectivity index (χ1n) is 7.82. The van der Waals surface area contributed by atoms with Crippen LogP contribution in [0.1, 0.15) is 18.1 Å². The van der Waals surface area contributed by atoms with E-state index in [1.165, 1.54) is 0 Å². The van der Waals surface area contributed by atoms with Crippen LogP contribution in [0.15, 0.2) is 48.7 Å². The average Bonchev–Trinajstić information content (AvgIpc) is 2.95. The molecule has 5 nitrogen and oxygen atoms in total. The molecule has 0 aliphatic carbocycles. The maximum Gasteiger partial charge on any atom is 0.307 e. The number of hydrogen-bond acceptors (Lipinski definition) is 3. The number of ether oxygens (including phenoxy) is 2. The van der Waals surface area contributed by atoms with Crippen molar-refractivity contribution in [1.82, 2.24) is 4.98 Å². The number of H-pyrrole nitrogens is 1. The van der Waals surface area contributed by atoms with E-state index in [0.29, 0.717) is 19.0 Å². The summed E-state index contributed by atoms with van der Waals surface area (Å²) in [6.45, 7) is 3.00. The summed E-state index contributed by atoms with van der Waals surface area (Å²) in [5, 5.41) is 9.85. The molecule has 0 saturated heterocycles. The van der Waals surface area contributed by atoms with Crippen molar-refractivity contribution in [1.29, 1.82) is 0 Å². The Hall–Kier alpha value is -2.95. The zero-order chi connectivity index (χ0) is 16.9. The van der Waals surface area contributed by atoms with Gasteiger partial charge in [0.25, 0.3) is 0 Å². The van der Waals surface area contributed by atoms with Crippen molar-refractivity contribution < 1.29 is 19.4 Å². The molecule has 124 valence electrons. The molecule has 2 aromatic carbocycles. The summed E-state index contributed by atoms with van der Waals surface area (Å²) < 4.78 is 11.3. The Labute approximate surface area is 139 Å². The Morgan fingerprint density at radius 1 is 1.12 bits per heavy atom. The Balaban J connectivity index is 1.75. The number of aromatic amines is 1. The van der Waals surface area contributed by atoms with E-state index in [1.54, 1.807) is 6.20 Å². The third kappa shape index (κ3) is 3.68. The van der Waals surface area contributed by atoms with Crippen molar-refractivity contribution in [3.05, 3.63) is 59.8 Å². The van der Waals surface area contributed by atoms with Gasteiger partial charge in [0.15, 0.2) is 0 Å². The minimum absolute atomic E-state index is 0.0140. The van der Waals surface area contributed by atoms with Crippen LogP contribution in [0.5, 0.6) is 11.5 Å². The van der Waals surface area contributed by atoms with Crippen LogP contribution in [0.3, 0.4) is 0 Å². The van der Waals surface area contributed by atoms with Gasteiger partial charge < -0.3 is 19.6 Å². The predicted molar refractivity (Wildman–Crippen MR) is 91.6 cm³/mol. The van der Waals surface area contributed by atoms with Gasteiger partial charge in [0.2, 0.25) is 0 Å². The van der Waals surface area contributed by atoms with Gasteiger partial charge in [0, 0.05) is 17.1 Å². The molecular formula is C19H19NO4. The molecule has 0 fully saturated rings. The van der Waals surface area contributed by atoms with Gasteiger partial charge in [-0.05, 0) is 48.4 Å². The van der Waals surface area contributed by atoms with Gasteiger partial charge >= 0.3 is 5.97 Å². The lowest BCUT2D eigenvalue weighted by molar-refractivity contribution is -0.136. The molecular weight excluding hydrogens is 306 g/mol. The van der Waals surface area contributed by atoms with E-state index in [4.69, 9.17) is 14.6 Å². The highest BCUT2D eigenvalue weighted by Crippen LogP contribution is 2.25. The summed E-state index contributed by atoms with van der Waals surface area (Å²) in [6, 6.07) is 13.4. The zero-order valence-electron chi connectivity index (χ0n) is 13.4. The molecule has 3 rings (SSSR count). The smallest absolute Gasteiger partial charge is 0.307 e. The first-order chi connectivity index (χ1) is 11.7. The van der Waals surface area contributed by atoms with Crippen LogP contribution in [-0.2, 0) is 17.8 Å². The predicted octanol–water partition coefficient (Wildman–Crippen LogP) is 3.77. The second-order valence-electron chi connectivity index (χ2n) is 5.46. The third-order valence-corrected chi connectivity index (χ3v) is 3.70. The van der Waals surface area contributed by atoms with Crippen LogP contribution >= 0.6 is 0 Å². The van der Waals surface area contributed by atoms with Crippen molar-refractivity contribution in [2.45, 2.75) is 20.0 Å². The average molecular weight is 325 g/mol. The van der Waals surface area contributed by atoms with Gasteiger partial charge in [0.1, 0.15) is 18.1 Å². The molecule has 3 aromatic rings. The van der Waals surface area contributed by atoms with Gasteiger partial charge in [-0.15, -0.1) is 0 Å². The Morgan fingerprint density at radius 2 is 1.96 bits per heavy atom. The van der Waals surface area contributed by atoms with E-state index in [2.05, 4.69) is 4.98 Å². The topological polar surface area (TPSA) is 71.5 Å². The first-order valence-corrected chi connectivity index (χ1v) is 7.82. The van der Waals surface area contributed by atoms with Gasteiger partial charge in [0.05, 0.1) is 13.0 Å². The second kappa shape index (κ2) is 7.08. The van der Waals surface area contributed by atoms with Crippen molar-refractivity contribution in [2.24, 2.45) is 0 Å². The van der Waals surface area contributed by atoms with E-state index >= 15 is 0 Å². The quantitative estimate of drug-likeness (QED) is 0.693. The van der Waals surface area contributed by atoms with E-state index in [9.17, 15) is 4.79 Å². The van der Waals surface area contributed by atoms with Crippen molar-refractivity contribution in [2.75, 3.05) is 6.61 Å². The normalized spacial score (nSPS) is 10.7. The van der Waals surface area contributed by atoms with E-state index in [-0.39, 0.29) is 6.42 Å². The second-order valence-corrected chi connectivity index (χ2v) is 5.46. The van der Waals surface area contributed by atoms with Crippen LogP contribution in [-0.4, -0.2) is 22.7 Å². The maximum atomic E-state index is 10.9. The number of nitrogens with one attached hydrogen (secondary N) is 1. The van der Waals surface area contributed by atoms with E-state index < -0.39 is 5.97 Å². The first kappa shape index (κ1) is 15.9. The molecule has 0 unspecified atom stereocenters. The highest BCUT2D eigenvalue weighted by atomic mass is 16.5. The van der Waals surface area contributed by atoms with Crippen LogP contribution in [0.2, 0.25) is 0 Å². The van der Waals surface area contributed by atoms with E-state index in [1.807, 2.05) is 49.4 Å². The standard InChI is InChI=1S/C19H19NO4/c1-2-23-15-5-3-4-13(8-15)12-24-16-6-7-18-17(10-16)14(11-20-18)9-19(21)22/h3-8,10-11,20H,2,9,12H2,1H3,(H,21,22). The van der Waals surface area contributed by atoms with Crippen LogP contribution < -0.4 is 9.47 Å². The zero-order valence-corrected chi connectivity index (χ0v) is 13.4. The highest BCUT2D eigenvalue weighted by Gasteiger charge is 2.09. The molecule has 0 radical (unpaired) electrons. The molecule has 0 bridgehead atoms. The summed E-state index contributed by atoms with van der Waals surface area (Å²) >= 11 is 0. The van der Waals surface area contributed by atoms with Crippen LogP contribution in [0.4, 0.5) is 0 Å². The lowest BCUT2D eigenvalue weighted by Gasteiger charge is -2.09. The highest BCUT2D eigenvalue weighted by molar-refractivity contribution is 5.87. The fourth-order valence-corrected chi connectivity index (χ4v) is 2.61. The summed E-state index contributed by atoms with van der Waals surface area (Å²) in [5.41, 5.74) is 2.67. The fraction of sp³-hybridized carbons (Fsp3) is 0.211. The van der Waals surface area contributed by atoms with Crippen molar-refractivity contribution in [3.63, 3.8) is 0 Å². The summed E-state index contributed by atoms with van der Waals surface area (Å²) in [6.07, 6.45) is 1.72. The molecule has 5 heteroatoms. The molecule has 0 saturated carbocycles. The Morgan fingerprint density at radius 3 is 2.75 bits per heavy atom. The number of carboxylic acid groups (broad SMARTS) is 1. The monoisotopic (exact) mass is 325 g/mol. The van der Waals surface area contributed by atoms with Gasteiger partial charge in [-0.25, -0.2) is 0 Å². The lowest BCUT2D eigenvalue weighted by atomic mass is 10.1. The molecule has 0 amide bonds. The Bertz CT molecular complexity index is 853. The molecule has 24 heavy (non-hydrogen) atoms. The molecule has 0 aliphatic heterocycles. The SMILES string of the molecule is CCOc1cccc(COc2ccc3[nH]cc(CC(=O)O)c3c2)c1. The molecule has 2 N–H and O–H groups in total. The summed E-state index contributed by atoms with van der Waals surface area (Å²) in [5.74, 6) is 0.675. The molecule has 1 aromatic heterocycles. The number of hydrogen-bond donors (Lipinski definition) is 2. The van der Waals surface area contributed by atoms with Crippen molar-refractivity contribution in [3.8, 4) is 11.5 Å². The number of rotatable bonds is 7. The lowest BCUT2D eigenvalue weighted by Crippen LogP contribution is -1.99. The molecule has 0 spiro atoms. The Kier molecular flexibility index (Phi) is 4.70. The number of carbonyl (C=O) groups is 1. The van der Waals surface area contributed by atoms with Gasteiger partial charge in [-0.2, -0.15) is 0 Å². The third-order valence-electron chi connectivity index (χ3n) is 3.70. The fourth-order valence-electron chi connectivity index (χ4n) is 2.61. The number of aromatic nitrogens is 1. The minimum atomic E-state index is -0.852. The summed E-state index contributed by atoms with van der Waals surface area (Å²) in [7, 11) is 0. The van der Waals surface area contributed by atoms with Gasteiger partial charge in [-0.3, -0.25) is 4.79 Å². The number of aliphatic carboxylic acids is 1. The number of carboxylic acids is 1. The van der Waals surface area contributed by atoms with Crippen LogP contribution in [0.25, 0.3) is 10.9 Å². The van der Waals surface area contributed by atoms with Crippen LogP contribution in [0, 0.1) is 0 Å². The minimum Gasteiger partial charge on any atom is -0.494 e. The molecule has 0 aliphatic rings. The maximum absolute atomic E-state index is 10.9. The van der Waals surface area contributed by atoms with Crippen molar-refractivity contribution >= 4 is 16.9 Å². The van der Waals surface area contributed by atoms with Gasteiger partial charge in [-0.1, -0.05) is 12.1 Å². The van der Waals surface area contributed by atoms with E-state index in [0.717, 1.165) is 27.8 Å². The molecule has 0 atom stereocenters. The summed E-state index contributed by atoms with van der Waals surface area (Å²) in [4.78, 5) is 14.0. The number of fused-ring (bicyclic) bond motifs is 1. The largest absolute Gasteiger partial charge is 0.494 e. The molecule has 1 heterocycles.